The van der Waals surface area contributed by atoms with E-state index in [0.29, 0.717) is 23.3 Å². The van der Waals surface area contributed by atoms with Gasteiger partial charge in [-0.2, -0.15) is 5.26 Å². The molecule has 0 radical (unpaired) electrons. The van der Waals surface area contributed by atoms with E-state index in [2.05, 4.69) is 30.1 Å². The molecule has 1 aliphatic heterocycles. The van der Waals surface area contributed by atoms with Crippen molar-refractivity contribution in [3.63, 3.8) is 0 Å². The molecule has 90 valence electrons. The van der Waals surface area contributed by atoms with Gasteiger partial charge >= 0.3 is 0 Å². The minimum Gasteiger partial charge on any atom is -0.399 e. The van der Waals surface area contributed by atoms with E-state index in [-0.39, 0.29) is 0 Å². The summed E-state index contributed by atoms with van der Waals surface area (Å²) in [5.74, 6) is 0. The Hall–Kier alpha value is -1.73. The zero-order chi connectivity index (χ0) is 12.4. The highest BCUT2D eigenvalue weighted by Gasteiger charge is 2.22. The molecule has 1 aliphatic rings. The second kappa shape index (κ2) is 4.64. The molecule has 1 aromatic carbocycles. The third-order valence-electron chi connectivity index (χ3n) is 3.04. The highest BCUT2D eigenvalue weighted by atomic mass is 15.2. The number of benzene rings is 1. The Labute approximate surface area is 102 Å². The lowest BCUT2D eigenvalue weighted by Gasteiger charge is -2.38. The molecule has 17 heavy (non-hydrogen) atoms. The molecule has 0 amide bonds. The van der Waals surface area contributed by atoms with Crippen molar-refractivity contribution in [1.82, 2.24) is 5.32 Å². The summed E-state index contributed by atoms with van der Waals surface area (Å²) in [5, 5.41) is 12.6. The number of hydrogen-bond acceptors (Lipinski definition) is 4. The molecule has 4 heteroatoms. The maximum atomic E-state index is 9.14. The summed E-state index contributed by atoms with van der Waals surface area (Å²) in [6.45, 7) is 6.12. The summed E-state index contributed by atoms with van der Waals surface area (Å²) in [6.07, 6.45) is 0. The van der Waals surface area contributed by atoms with Crippen LogP contribution in [0.3, 0.4) is 0 Å². The van der Waals surface area contributed by atoms with E-state index in [1.807, 2.05) is 6.07 Å². The van der Waals surface area contributed by atoms with Crippen LogP contribution in [0.4, 0.5) is 11.4 Å². The number of hydrogen-bond donors (Lipinski definition) is 2. The molecule has 1 saturated heterocycles. The molecule has 1 aromatic rings. The molecule has 0 spiro atoms. The smallest absolute Gasteiger partial charge is 0.101 e. The van der Waals surface area contributed by atoms with E-state index < -0.39 is 0 Å². The van der Waals surface area contributed by atoms with Crippen molar-refractivity contribution in [3.8, 4) is 6.07 Å². The minimum atomic E-state index is 0.423. The molecular weight excluding hydrogens is 212 g/mol. The standard InChI is InChI=1S/C13H18N4/c1-9-7-17(8-10(2)16-9)13-5-12(15)4-3-11(13)6-14/h3-5,9-10,16H,7-8,15H2,1-2H3/t9-,10+. The van der Waals surface area contributed by atoms with Gasteiger partial charge in [0.2, 0.25) is 0 Å². The van der Waals surface area contributed by atoms with Gasteiger partial charge in [0.05, 0.1) is 11.3 Å². The first-order chi connectivity index (χ1) is 8.10. The largest absolute Gasteiger partial charge is 0.399 e. The Kier molecular flexibility index (Phi) is 3.21. The fraction of sp³-hybridized carbons (Fsp3) is 0.462. The lowest BCUT2D eigenvalue weighted by atomic mass is 10.1. The van der Waals surface area contributed by atoms with Crippen LogP contribution in [-0.4, -0.2) is 25.2 Å². The summed E-state index contributed by atoms with van der Waals surface area (Å²) in [7, 11) is 0. The maximum Gasteiger partial charge on any atom is 0.101 e. The first-order valence-electron chi connectivity index (χ1n) is 5.90. The van der Waals surface area contributed by atoms with E-state index in [0.717, 1.165) is 18.8 Å². The number of nitrogens with two attached hydrogens (primary N) is 1. The number of nitriles is 1. The predicted octanol–water partition coefficient (Wildman–Crippen LogP) is 1.33. The SMILES string of the molecule is C[C@@H]1CN(c2cc(N)ccc2C#N)C[C@H](C)N1. The quantitative estimate of drug-likeness (QED) is 0.714. The summed E-state index contributed by atoms with van der Waals surface area (Å²) in [5.41, 5.74) is 8.16. The van der Waals surface area contributed by atoms with Gasteiger partial charge in [-0.3, -0.25) is 0 Å². The van der Waals surface area contributed by atoms with Crippen LogP contribution in [-0.2, 0) is 0 Å². The number of rotatable bonds is 1. The topological polar surface area (TPSA) is 65.1 Å². The van der Waals surface area contributed by atoms with Crippen LogP contribution >= 0.6 is 0 Å². The minimum absolute atomic E-state index is 0.423. The second-order valence-electron chi connectivity index (χ2n) is 4.76. The maximum absolute atomic E-state index is 9.14. The Balaban J connectivity index is 2.33. The fourth-order valence-corrected chi connectivity index (χ4v) is 2.43. The zero-order valence-electron chi connectivity index (χ0n) is 10.3. The van der Waals surface area contributed by atoms with Crippen LogP contribution in [0.1, 0.15) is 19.4 Å². The Morgan fingerprint density at radius 1 is 1.35 bits per heavy atom. The van der Waals surface area contributed by atoms with Crippen molar-refractivity contribution < 1.29 is 0 Å². The van der Waals surface area contributed by atoms with Gasteiger partial charge < -0.3 is 16.0 Å². The zero-order valence-corrected chi connectivity index (χ0v) is 10.3. The average molecular weight is 230 g/mol. The summed E-state index contributed by atoms with van der Waals surface area (Å²) in [4.78, 5) is 2.24. The van der Waals surface area contributed by atoms with E-state index in [4.69, 9.17) is 11.0 Å². The van der Waals surface area contributed by atoms with Crippen LogP contribution in [0, 0.1) is 11.3 Å². The molecule has 2 rings (SSSR count). The van der Waals surface area contributed by atoms with Crippen molar-refractivity contribution in [1.29, 1.82) is 5.26 Å². The lowest BCUT2D eigenvalue weighted by molar-refractivity contribution is 0.407. The summed E-state index contributed by atoms with van der Waals surface area (Å²) >= 11 is 0. The molecule has 0 unspecified atom stereocenters. The Morgan fingerprint density at radius 2 is 2.00 bits per heavy atom. The number of nitrogen functional groups attached to an aromatic ring is 1. The third kappa shape index (κ3) is 2.51. The van der Waals surface area contributed by atoms with Crippen LogP contribution in [0.5, 0.6) is 0 Å². The van der Waals surface area contributed by atoms with Crippen molar-refractivity contribution in [2.75, 3.05) is 23.7 Å². The molecule has 1 fully saturated rings. The first-order valence-corrected chi connectivity index (χ1v) is 5.90. The van der Waals surface area contributed by atoms with Crippen molar-refractivity contribution in [3.05, 3.63) is 23.8 Å². The highest BCUT2D eigenvalue weighted by molar-refractivity contribution is 5.65. The molecule has 1 heterocycles. The van der Waals surface area contributed by atoms with Gasteiger partial charge in [-0.05, 0) is 32.0 Å². The number of piperazine rings is 1. The molecule has 3 N–H and O–H groups in total. The summed E-state index contributed by atoms with van der Waals surface area (Å²) < 4.78 is 0. The summed E-state index contributed by atoms with van der Waals surface area (Å²) in [6, 6.07) is 8.54. The van der Waals surface area contributed by atoms with Gasteiger partial charge in [-0.1, -0.05) is 0 Å². The van der Waals surface area contributed by atoms with Gasteiger partial charge in [0.15, 0.2) is 0 Å². The van der Waals surface area contributed by atoms with E-state index >= 15 is 0 Å². The van der Waals surface area contributed by atoms with Crippen LogP contribution in [0.15, 0.2) is 18.2 Å². The van der Waals surface area contributed by atoms with Gasteiger partial charge in [-0.25, -0.2) is 0 Å². The number of anilines is 2. The molecular formula is C13H18N4. The van der Waals surface area contributed by atoms with Gasteiger partial charge in [0.25, 0.3) is 0 Å². The number of nitrogens with one attached hydrogen (secondary N) is 1. The normalized spacial score (nSPS) is 24.4. The molecule has 0 aromatic heterocycles. The van der Waals surface area contributed by atoms with Crippen LogP contribution in [0.25, 0.3) is 0 Å². The van der Waals surface area contributed by atoms with Crippen molar-refractivity contribution in [2.24, 2.45) is 0 Å². The predicted molar refractivity (Wildman–Crippen MR) is 69.8 cm³/mol. The molecule has 0 saturated carbocycles. The first kappa shape index (κ1) is 11.7. The van der Waals surface area contributed by atoms with E-state index in [9.17, 15) is 0 Å². The molecule has 4 nitrogen and oxygen atoms in total. The lowest BCUT2D eigenvalue weighted by Crippen LogP contribution is -2.54. The van der Waals surface area contributed by atoms with Crippen LogP contribution in [0.2, 0.25) is 0 Å². The van der Waals surface area contributed by atoms with Crippen molar-refractivity contribution in [2.45, 2.75) is 25.9 Å². The molecule has 0 bridgehead atoms. The van der Waals surface area contributed by atoms with E-state index in [1.54, 1.807) is 12.1 Å². The average Bonchev–Trinajstić information content (AvgIpc) is 2.27. The molecule has 2 atom stereocenters. The van der Waals surface area contributed by atoms with Crippen LogP contribution < -0.4 is 16.0 Å². The highest BCUT2D eigenvalue weighted by Crippen LogP contribution is 2.24. The number of nitrogens with zero attached hydrogens (tertiary/aromatic N) is 2. The Morgan fingerprint density at radius 3 is 2.59 bits per heavy atom. The fourth-order valence-electron chi connectivity index (χ4n) is 2.43. The third-order valence-corrected chi connectivity index (χ3v) is 3.04. The van der Waals surface area contributed by atoms with Gasteiger partial charge in [-0.15, -0.1) is 0 Å². The van der Waals surface area contributed by atoms with E-state index in [1.165, 1.54) is 0 Å². The second-order valence-corrected chi connectivity index (χ2v) is 4.76. The monoisotopic (exact) mass is 230 g/mol. The van der Waals surface area contributed by atoms with Gasteiger partial charge in [0, 0.05) is 30.9 Å². The Bertz CT molecular complexity index is 439. The van der Waals surface area contributed by atoms with Crippen molar-refractivity contribution >= 4 is 11.4 Å². The van der Waals surface area contributed by atoms with Gasteiger partial charge in [0.1, 0.15) is 6.07 Å². The molecule has 0 aliphatic carbocycles.